The molecule has 1 N–H and O–H groups in total. The van der Waals surface area contributed by atoms with Crippen LogP contribution in [0.1, 0.15) is 0 Å². The number of aromatic nitrogens is 4. The van der Waals surface area contributed by atoms with Crippen LogP contribution in [0.15, 0.2) is 50.6 Å². The van der Waals surface area contributed by atoms with Crippen LogP contribution in [0.25, 0.3) is 21.3 Å². The molecule has 4 rings (SSSR count). The van der Waals surface area contributed by atoms with Gasteiger partial charge < -0.3 is 4.57 Å². The van der Waals surface area contributed by atoms with Crippen LogP contribution in [-0.2, 0) is 16.9 Å². The molecule has 3 heterocycles. The lowest BCUT2D eigenvalue weighted by molar-refractivity contribution is 0.595. The lowest BCUT2D eigenvalue weighted by atomic mass is 10.4. The van der Waals surface area contributed by atoms with E-state index >= 15 is 0 Å². The van der Waals surface area contributed by atoms with E-state index in [0.29, 0.717) is 21.3 Å². The summed E-state index contributed by atoms with van der Waals surface area (Å²) in [7, 11) is -2.00. The largest absolute Gasteiger partial charge is 0.323 e. The Balaban J connectivity index is 2.03. The molecule has 4 aromatic rings. The Morgan fingerprint density at radius 3 is 2.70 bits per heavy atom. The minimum Gasteiger partial charge on any atom is -0.323 e. The van der Waals surface area contributed by atoms with Crippen molar-refractivity contribution in [2.75, 3.05) is 0 Å². The molecule has 0 saturated heterocycles. The number of rotatable bonds is 2. The van der Waals surface area contributed by atoms with E-state index in [-0.39, 0.29) is 14.8 Å². The predicted octanol–water partition coefficient (Wildman–Crippen LogP) is 1.70. The standard InChI is InChI=1S/C14H10N4O3S2/c1-18-10-9(7-15-17-13(10)19)11-12(18)16-14(22-11)23(20,21)8-5-3-2-4-6-8/h2-7H,1H3,(H,17,19). The van der Waals surface area contributed by atoms with Crippen LogP contribution >= 0.6 is 11.3 Å². The van der Waals surface area contributed by atoms with Crippen molar-refractivity contribution in [1.82, 2.24) is 19.7 Å². The molecule has 9 heteroatoms. The third-order valence-electron chi connectivity index (χ3n) is 3.60. The molecule has 7 nitrogen and oxygen atoms in total. The zero-order chi connectivity index (χ0) is 16.2. The molecular weight excluding hydrogens is 336 g/mol. The minimum atomic E-state index is -3.68. The maximum Gasteiger partial charge on any atom is 0.288 e. The number of hydrogen-bond acceptors (Lipinski definition) is 6. The third kappa shape index (κ3) is 1.93. The summed E-state index contributed by atoms with van der Waals surface area (Å²) in [6, 6.07) is 8.15. The Kier molecular flexibility index (Phi) is 2.90. The number of H-pyrrole nitrogens is 1. The van der Waals surface area contributed by atoms with Gasteiger partial charge in [0.25, 0.3) is 5.56 Å². The predicted molar refractivity (Wildman–Crippen MR) is 86.4 cm³/mol. The Morgan fingerprint density at radius 1 is 1.22 bits per heavy atom. The number of sulfone groups is 1. The second-order valence-corrected chi connectivity index (χ2v) is 8.09. The number of nitrogens with zero attached hydrogens (tertiary/aromatic N) is 3. The lowest BCUT2D eigenvalue weighted by Crippen LogP contribution is -2.10. The molecule has 0 saturated carbocycles. The zero-order valence-electron chi connectivity index (χ0n) is 11.8. The number of thiazole rings is 1. The smallest absolute Gasteiger partial charge is 0.288 e. The third-order valence-corrected chi connectivity index (χ3v) is 6.83. The molecule has 1 aromatic carbocycles. The van der Waals surface area contributed by atoms with Crippen molar-refractivity contribution >= 4 is 42.4 Å². The first-order valence-corrected chi connectivity index (χ1v) is 8.93. The van der Waals surface area contributed by atoms with Gasteiger partial charge in [-0.2, -0.15) is 5.10 Å². The van der Waals surface area contributed by atoms with Crippen LogP contribution in [0.2, 0.25) is 0 Å². The van der Waals surface area contributed by atoms with Gasteiger partial charge in [-0.25, -0.2) is 18.5 Å². The Bertz CT molecular complexity index is 1200. The molecule has 3 aromatic heterocycles. The van der Waals surface area contributed by atoms with Crippen LogP contribution in [0.3, 0.4) is 0 Å². The highest BCUT2D eigenvalue weighted by Gasteiger charge is 2.25. The SMILES string of the molecule is Cn1c2nc(S(=O)(=O)c3ccccc3)sc2c2cn[nH]c(=O)c21. The zero-order valence-corrected chi connectivity index (χ0v) is 13.5. The number of benzene rings is 1. The average molecular weight is 346 g/mol. The molecule has 0 aliphatic rings. The van der Waals surface area contributed by atoms with E-state index < -0.39 is 9.84 Å². The summed E-state index contributed by atoms with van der Waals surface area (Å²) in [4.78, 5) is 16.3. The van der Waals surface area contributed by atoms with Crippen molar-refractivity contribution < 1.29 is 8.42 Å². The van der Waals surface area contributed by atoms with Gasteiger partial charge in [0.15, 0.2) is 5.65 Å². The van der Waals surface area contributed by atoms with Crippen LogP contribution in [0.4, 0.5) is 0 Å². The lowest BCUT2D eigenvalue weighted by Gasteiger charge is -2.00. The van der Waals surface area contributed by atoms with Crippen LogP contribution in [0.5, 0.6) is 0 Å². The van der Waals surface area contributed by atoms with Crippen molar-refractivity contribution in [3.63, 3.8) is 0 Å². The summed E-state index contributed by atoms with van der Waals surface area (Å²) >= 11 is 1.05. The second kappa shape index (κ2) is 4.74. The molecule has 0 amide bonds. The van der Waals surface area contributed by atoms with E-state index in [4.69, 9.17) is 0 Å². The van der Waals surface area contributed by atoms with Crippen molar-refractivity contribution in [2.45, 2.75) is 9.24 Å². The van der Waals surface area contributed by atoms with Gasteiger partial charge in [-0.15, -0.1) is 0 Å². The molecule has 116 valence electrons. The highest BCUT2D eigenvalue weighted by atomic mass is 32.2. The normalized spacial score (nSPS) is 12.2. The first kappa shape index (κ1) is 14.1. The molecule has 23 heavy (non-hydrogen) atoms. The van der Waals surface area contributed by atoms with E-state index in [0.717, 1.165) is 11.3 Å². The minimum absolute atomic E-state index is 0.00600. The molecule has 0 aliphatic carbocycles. The maximum atomic E-state index is 12.7. The molecule has 0 fully saturated rings. The highest BCUT2D eigenvalue weighted by molar-refractivity contribution is 7.93. The van der Waals surface area contributed by atoms with E-state index in [9.17, 15) is 13.2 Å². The first-order chi connectivity index (χ1) is 11.0. The van der Waals surface area contributed by atoms with E-state index in [2.05, 4.69) is 15.2 Å². The van der Waals surface area contributed by atoms with Crippen LogP contribution < -0.4 is 5.56 Å². The number of hydrogen-bond donors (Lipinski definition) is 1. The average Bonchev–Trinajstić information content (AvgIpc) is 3.10. The molecule has 0 bridgehead atoms. The van der Waals surface area contributed by atoms with Crippen molar-refractivity contribution in [2.24, 2.45) is 7.05 Å². The first-order valence-electron chi connectivity index (χ1n) is 6.63. The fraction of sp³-hybridized carbons (Fsp3) is 0.0714. The molecule has 0 spiro atoms. The number of nitrogens with one attached hydrogen (secondary N) is 1. The number of aryl methyl sites for hydroxylation is 1. The number of aromatic amines is 1. The van der Waals surface area contributed by atoms with Crippen molar-refractivity contribution in [3.8, 4) is 0 Å². The molecule has 0 atom stereocenters. The van der Waals surface area contributed by atoms with Gasteiger partial charge in [-0.3, -0.25) is 4.79 Å². The van der Waals surface area contributed by atoms with Gasteiger partial charge in [0.2, 0.25) is 14.2 Å². The fourth-order valence-electron chi connectivity index (χ4n) is 2.51. The van der Waals surface area contributed by atoms with Gasteiger partial charge in [-0.1, -0.05) is 29.5 Å². The monoisotopic (exact) mass is 346 g/mol. The highest BCUT2D eigenvalue weighted by Crippen LogP contribution is 2.34. The van der Waals surface area contributed by atoms with Gasteiger partial charge in [-0.05, 0) is 12.1 Å². The van der Waals surface area contributed by atoms with E-state index in [1.807, 2.05) is 0 Å². The summed E-state index contributed by atoms with van der Waals surface area (Å²) in [5.74, 6) is 0. The Labute approximate surface area is 134 Å². The van der Waals surface area contributed by atoms with E-state index in [1.165, 1.54) is 18.3 Å². The second-order valence-electron chi connectivity index (χ2n) is 4.97. The Morgan fingerprint density at radius 2 is 1.96 bits per heavy atom. The topological polar surface area (TPSA) is 97.7 Å². The van der Waals surface area contributed by atoms with Gasteiger partial charge in [0, 0.05) is 12.4 Å². The molecular formula is C14H10N4O3S2. The van der Waals surface area contributed by atoms with Gasteiger partial charge >= 0.3 is 0 Å². The van der Waals surface area contributed by atoms with Crippen LogP contribution in [0, 0.1) is 0 Å². The van der Waals surface area contributed by atoms with Crippen LogP contribution in [-0.4, -0.2) is 28.2 Å². The summed E-state index contributed by atoms with van der Waals surface area (Å²) in [5, 5.41) is 6.75. The summed E-state index contributed by atoms with van der Waals surface area (Å²) in [6.07, 6.45) is 1.51. The fourth-order valence-corrected chi connectivity index (χ4v) is 5.25. The Hall–Kier alpha value is -2.52. The molecule has 0 radical (unpaired) electrons. The maximum absolute atomic E-state index is 12.7. The summed E-state index contributed by atoms with van der Waals surface area (Å²) < 4.78 is 27.6. The molecule has 0 aliphatic heterocycles. The quantitative estimate of drug-likeness (QED) is 0.596. The molecule has 0 unspecified atom stereocenters. The van der Waals surface area contributed by atoms with E-state index in [1.54, 1.807) is 29.8 Å². The van der Waals surface area contributed by atoms with Crippen molar-refractivity contribution in [3.05, 3.63) is 46.9 Å². The van der Waals surface area contributed by atoms with Gasteiger partial charge in [0.05, 0.1) is 15.8 Å². The van der Waals surface area contributed by atoms with Gasteiger partial charge in [0.1, 0.15) is 5.52 Å². The van der Waals surface area contributed by atoms with Crippen molar-refractivity contribution in [1.29, 1.82) is 0 Å². The number of fused-ring (bicyclic) bond motifs is 3. The summed E-state index contributed by atoms with van der Waals surface area (Å²) in [6.45, 7) is 0. The summed E-state index contributed by atoms with van der Waals surface area (Å²) in [5.41, 5.74) is 0.554.